The summed E-state index contributed by atoms with van der Waals surface area (Å²) in [5, 5.41) is 12.5. The fourth-order valence-corrected chi connectivity index (χ4v) is 4.01. The second-order valence-electron chi connectivity index (χ2n) is 6.59. The molecule has 0 radical (unpaired) electrons. The lowest BCUT2D eigenvalue weighted by Crippen LogP contribution is -2.23. The van der Waals surface area contributed by atoms with Gasteiger partial charge in [-0.25, -0.2) is 0 Å². The molecule has 3 aromatic heterocycles. The van der Waals surface area contributed by atoms with Gasteiger partial charge in [0.1, 0.15) is 5.76 Å². The van der Waals surface area contributed by atoms with Gasteiger partial charge < -0.3 is 9.73 Å². The summed E-state index contributed by atoms with van der Waals surface area (Å²) in [5.41, 5.74) is 1.27. The number of nitrogens with zero attached hydrogens (tertiary/aromatic N) is 4. The van der Waals surface area contributed by atoms with Gasteiger partial charge in [0.15, 0.2) is 11.0 Å². The standard InChI is InChI=1S/C21H17Cl2N5O2S/c1-13(20(29)25-18-10-15(22)6-7-17(18)23)31-21-27-26-19(14-4-2-8-24-11-14)28(21)12-16-5-3-9-30-16/h2-11,13H,12H2,1H3,(H,25,29). The van der Waals surface area contributed by atoms with E-state index >= 15 is 0 Å². The molecule has 4 aromatic rings. The van der Waals surface area contributed by atoms with Crippen molar-refractivity contribution < 1.29 is 9.21 Å². The van der Waals surface area contributed by atoms with Gasteiger partial charge in [-0.05, 0) is 49.4 Å². The van der Waals surface area contributed by atoms with Gasteiger partial charge in [0.25, 0.3) is 0 Å². The zero-order chi connectivity index (χ0) is 21.8. The first kappa shape index (κ1) is 21.4. The van der Waals surface area contributed by atoms with Crippen LogP contribution in [0.15, 0.2) is 70.7 Å². The van der Waals surface area contributed by atoms with Gasteiger partial charge in [0.05, 0.1) is 28.8 Å². The van der Waals surface area contributed by atoms with E-state index in [1.165, 1.54) is 11.8 Å². The number of pyridine rings is 1. The van der Waals surface area contributed by atoms with Crippen LogP contribution in [0.25, 0.3) is 11.4 Å². The van der Waals surface area contributed by atoms with Gasteiger partial charge in [-0.1, -0.05) is 35.0 Å². The summed E-state index contributed by atoms with van der Waals surface area (Å²) in [5.74, 6) is 1.15. The average molecular weight is 474 g/mol. The normalized spacial score (nSPS) is 12.0. The summed E-state index contributed by atoms with van der Waals surface area (Å²) >= 11 is 13.5. The highest BCUT2D eigenvalue weighted by Crippen LogP contribution is 2.30. The van der Waals surface area contributed by atoms with Crippen LogP contribution in [0.4, 0.5) is 5.69 Å². The van der Waals surface area contributed by atoms with Crippen molar-refractivity contribution in [2.24, 2.45) is 0 Å². The largest absolute Gasteiger partial charge is 0.467 e. The number of nitrogens with one attached hydrogen (secondary N) is 1. The highest BCUT2D eigenvalue weighted by atomic mass is 35.5. The maximum Gasteiger partial charge on any atom is 0.237 e. The number of halogens is 2. The molecule has 158 valence electrons. The zero-order valence-corrected chi connectivity index (χ0v) is 18.7. The van der Waals surface area contributed by atoms with E-state index in [-0.39, 0.29) is 5.91 Å². The third-order valence-electron chi connectivity index (χ3n) is 4.37. The fourth-order valence-electron chi connectivity index (χ4n) is 2.82. The van der Waals surface area contributed by atoms with E-state index in [1.807, 2.05) is 28.8 Å². The van der Waals surface area contributed by atoms with E-state index < -0.39 is 5.25 Å². The van der Waals surface area contributed by atoms with E-state index in [0.717, 1.165) is 11.3 Å². The van der Waals surface area contributed by atoms with Gasteiger partial charge >= 0.3 is 0 Å². The number of aromatic nitrogens is 4. The maximum atomic E-state index is 12.8. The topological polar surface area (TPSA) is 85.8 Å². The summed E-state index contributed by atoms with van der Waals surface area (Å²) in [4.78, 5) is 16.9. The van der Waals surface area contributed by atoms with Crippen molar-refractivity contribution >= 4 is 46.6 Å². The van der Waals surface area contributed by atoms with Crippen molar-refractivity contribution in [3.8, 4) is 11.4 Å². The minimum atomic E-state index is -0.476. The van der Waals surface area contributed by atoms with Crippen LogP contribution in [0, 0.1) is 0 Å². The number of thioether (sulfide) groups is 1. The molecule has 0 aliphatic heterocycles. The third-order valence-corrected chi connectivity index (χ3v) is 6.01. The van der Waals surface area contributed by atoms with Crippen LogP contribution in [-0.4, -0.2) is 30.9 Å². The molecule has 0 saturated heterocycles. The Kier molecular flexibility index (Phi) is 6.60. The Labute approximate surface area is 192 Å². The molecule has 0 saturated carbocycles. The second-order valence-corrected chi connectivity index (χ2v) is 8.74. The van der Waals surface area contributed by atoms with E-state index in [0.29, 0.717) is 33.3 Å². The molecule has 1 amide bonds. The van der Waals surface area contributed by atoms with Crippen molar-refractivity contribution in [1.29, 1.82) is 0 Å². The van der Waals surface area contributed by atoms with E-state index in [9.17, 15) is 4.79 Å². The third kappa shape index (κ3) is 5.10. The molecule has 7 nitrogen and oxygen atoms in total. The number of anilines is 1. The van der Waals surface area contributed by atoms with E-state index in [2.05, 4.69) is 20.5 Å². The lowest BCUT2D eigenvalue weighted by Gasteiger charge is -2.14. The molecule has 0 spiro atoms. The first-order valence-electron chi connectivity index (χ1n) is 9.30. The van der Waals surface area contributed by atoms with Crippen LogP contribution in [0.1, 0.15) is 12.7 Å². The van der Waals surface area contributed by atoms with Gasteiger partial charge in [0.2, 0.25) is 5.91 Å². The fraction of sp³-hybridized carbons (Fsp3) is 0.143. The molecule has 0 aliphatic carbocycles. The smallest absolute Gasteiger partial charge is 0.237 e. The van der Waals surface area contributed by atoms with Crippen molar-refractivity contribution in [1.82, 2.24) is 19.7 Å². The Hall–Kier alpha value is -2.81. The summed E-state index contributed by atoms with van der Waals surface area (Å²) < 4.78 is 7.40. The Morgan fingerprint density at radius 2 is 2.10 bits per heavy atom. The summed E-state index contributed by atoms with van der Waals surface area (Å²) in [6.07, 6.45) is 5.02. The molecule has 3 heterocycles. The quantitative estimate of drug-likeness (QED) is 0.361. The minimum Gasteiger partial charge on any atom is -0.467 e. The summed E-state index contributed by atoms with van der Waals surface area (Å²) in [7, 11) is 0. The number of carbonyl (C=O) groups is 1. The Morgan fingerprint density at radius 1 is 1.23 bits per heavy atom. The van der Waals surface area contributed by atoms with Gasteiger partial charge in [-0.15, -0.1) is 10.2 Å². The summed E-state index contributed by atoms with van der Waals surface area (Å²) in [6, 6.07) is 12.3. The van der Waals surface area contributed by atoms with Gasteiger partial charge in [-0.3, -0.25) is 14.3 Å². The first-order chi connectivity index (χ1) is 15.0. The molecule has 0 bridgehead atoms. The second kappa shape index (κ2) is 9.55. The lowest BCUT2D eigenvalue weighted by molar-refractivity contribution is -0.115. The van der Waals surface area contributed by atoms with Gasteiger partial charge in [0, 0.05) is 23.0 Å². The Bertz CT molecular complexity index is 1180. The highest BCUT2D eigenvalue weighted by Gasteiger charge is 2.22. The number of amides is 1. The summed E-state index contributed by atoms with van der Waals surface area (Å²) in [6.45, 7) is 2.20. The lowest BCUT2D eigenvalue weighted by atomic mass is 10.2. The molecular weight excluding hydrogens is 457 g/mol. The zero-order valence-electron chi connectivity index (χ0n) is 16.3. The monoisotopic (exact) mass is 473 g/mol. The Morgan fingerprint density at radius 3 is 2.84 bits per heavy atom. The predicted molar refractivity (Wildman–Crippen MR) is 121 cm³/mol. The average Bonchev–Trinajstić information content (AvgIpc) is 3.42. The molecule has 10 heteroatoms. The van der Waals surface area contributed by atoms with Gasteiger partial charge in [-0.2, -0.15) is 0 Å². The molecule has 0 aliphatic rings. The molecule has 1 N–H and O–H groups in total. The van der Waals surface area contributed by atoms with E-state index in [4.69, 9.17) is 27.6 Å². The molecule has 1 unspecified atom stereocenters. The molecule has 4 rings (SSSR count). The van der Waals surface area contributed by atoms with E-state index in [1.54, 1.807) is 43.8 Å². The molecule has 31 heavy (non-hydrogen) atoms. The number of benzene rings is 1. The first-order valence-corrected chi connectivity index (χ1v) is 10.9. The maximum absolute atomic E-state index is 12.8. The Balaban J connectivity index is 1.57. The van der Waals surface area contributed by atoms with Crippen molar-refractivity contribution in [2.45, 2.75) is 23.9 Å². The van der Waals surface area contributed by atoms with Crippen LogP contribution < -0.4 is 5.32 Å². The van der Waals surface area contributed by atoms with Crippen LogP contribution in [0.3, 0.4) is 0 Å². The molecule has 1 aromatic carbocycles. The SMILES string of the molecule is CC(Sc1nnc(-c2cccnc2)n1Cc1ccco1)C(=O)Nc1cc(Cl)ccc1Cl. The van der Waals surface area contributed by atoms with Crippen LogP contribution in [0.5, 0.6) is 0 Å². The van der Waals surface area contributed by atoms with Crippen LogP contribution >= 0.6 is 35.0 Å². The predicted octanol–water partition coefficient (Wildman–Crippen LogP) is 5.41. The number of carbonyl (C=O) groups excluding carboxylic acids is 1. The minimum absolute atomic E-state index is 0.232. The van der Waals surface area contributed by atoms with Crippen molar-refractivity contribution in [3.05, 3.63) is 76.9 Å². The molecule has 1 atom stereocenters. The number of furan rings is 1. The van der Waals surface area contributed by atoms with Crippen LogP contribution in [-0.2, 0) is 11.3 Å². The molecule has 0 fully saturated rings. The molecular formula is C21H17Cl2N5O2S. The highest BCUT2D eigenvalue weighted by molar-refractivity contribution is 8.00. The number of hydrogen-bond acceptors (Lipinski definition) is 6. The van der Waals surface area contributed by atoms with Crippen LogP contribution in [0.2, 0.25) is 10.0 Å². The van der Waals surface area contributed by atoms with Crippen molar-refractivity contribution in [2.75, 3.05) is 5.32 Å². The van der Waals surface area contributed by atoms with Crippen molar-refractivity contribution in [3.63, 3.8) is 0 Å². The number of hydrogen-bond donors (Lipinski definition) is 1. The number of rotatable bonds is 7.